The fraction of sp³-hybridized carbons (Fsp3) is 0.333. The molecule has 0 amide bonds. The summed E-state index contributed by atoms with van der Waals surface area (Å²) in [7, 11) is -3.35. The number of hydrogen-bond acceptors (Lipinski definition) is 7. The van der Waals surface area contributed by atoms with Gasteiger partial charge in [-0.15, -0.1) is 11.3 Å². The van der Waals surface area contributed by atoms with Crippen LogP contribution in [0.4, 0.5) is 27.6 Å². The van der Waals surface area contributed by atoms with Crippen LogP contribution in [-0.4, -0.2) is 42.9 Å². The lowest BCUT2D eigenvalue weighted by Gasteiger charge is -2.30. The third-order valence-electron chi connectivity index (χ3n) is 6.53. The summed E-state index contributed by atoms with van der Waals surface area (Å²) in [6, 6.07) is 4.09. The zero-order valence-corrected chi connectivity index (χ0v) is 21.7. The number of sulfonamides is 1. The number of ether oxygens (including phenoxy) is 1. The Morgan fingerprint density at radius 1 is 1.15 bits per heavy atom. The van der Waals surface area contributed by atoms with E-state index in [4.69, 9.17) is 9.84 Å². The predicted octanol–water partition coefficient (Wildman–Crippen LogP) is 6.14. The third-order valence-corrected chi connectivity index (χ3v) is 8.80. The number of phenolic OH excluding ortho intramolecular Hbond substituents is 1. The van der Waals surface area contributed by atoms with Gasteiger partial charge in [-0.05, 0) is 43.7 Å². The summed E-state index contributed by atoms with van der Waals surface area (Å²) in [5.41, 5.74) is -1.19. The van der Waals surface area contributed by atoms with Gasteiger partial charge in [0, 0.05) is 17.0 Å². The summed E-state index contributed by atoms with van der Waals surface area (Å²) >= 11 is 0.737. The van der Waals surface area contributed by atoms with Gasteiger partial charge in [-0.25, -0.2) is 18.6 Å². The fourth-order valence-electron chi connectivity index (χ4n) is 4.47. The minimum Gasteiger partial charge on any atom is -0.505 e. The number of rotatable bonds is 7. The van der Waals surface area contributed by atoms with Crippen molar-refractivity contribution in [3.8, 4) is 22.1 Å². The molecule has 0 radical (unpaired) electrons. The molecule has 1 heterocycles. The molecular weight excluding hydrogens is 571 g/mol. The van der Waals surface area contributed by atoms with Crippen LogP contribution in [0.3, 0.4) is 0 Å². The van der Waals surface area contributed by atoms with E-state index in [0.29, 0.717) is 6.07 Å². The quantitative estimate of drug-likeness (QED) is 0.282. The van der Waals surface area contributed by atoms with Gasteiger partial charge in [-0.3, -0.25) is 4.72 Å². The molecule has 0 bridgehead atoms. The zero-order chi connectivity index (χ0) is 28.7. The summed E-state index contributed by atoms with van der Waals surface area (Å²) < 4.78 is 101. The topological polar surface area (TPSA) is 126 Å². The molecular formula is C24H21F5N2O6S2. The molecule has 3 N–H and O–H groups in total. The van der Waals surface area contributed by atoms with Crippen molar-refractivity contribution in [1.82, 2.24) is 4.98 Å². The number of nitrogens with zero attached hydrogens (tertiary/aromatic N) is 1. The fourth-order valence-corrected chi connectivity index (χ4v) is 6.65. The average molecular weight is 593 g/mol. The third kappa shape index (κ3) is 5.78. The Morgan fingerprint density at radius 2 is 1.82 bits per heavy atom. The van der Waals surface area contributed by atoms with Crippen molar-refractivity contribution in [3.63, 3.8) is 0 Å². The largest absolute Gasteiger partial charge is 0.505 e. The number of carboxylic acid groups (broad SMARTS) is 1. The normalized spacial score (nSPS) is 18.1. The average Bonchev–Trinajstić information content (AvgIpc) is 3.36. The molecule has 0 spiro atoms. The first-order valence-electron chi connectivity index (χ1n) is 11.4. The van der Waals surface area contributed by atoms with Gasteiger partial charge in [0.15, 0.2) is 16.6 Å². The minimum absolute atomic E-state index is 0.116. The van der Waals surface area contributed by atoms with Gasteiger partial charge in [-0.2, -0.15) is 21.6 Å². The van der Waals surface area contributed by atoms with E-state index < -0.39 is 67.7 Å². The Morgan fingerprint density at radius 3 is 2.41 bits per heavy atom. The second-order valence-electron chi connectivity index (χ2n) is 8.89. The molecule has 39 heavy (non-hydrogen) atoms. The van der Waals surface area contributed by atoms with Gasteiger partial charge >= 0.3 is 12.1 Å². The van der Waals surface area contributed by atoms with Gasteiger partial charge in [0.25, 0.3) is 10.0 Å². The number of aromatic nitrogens is 1. The monoisotopic (exact) mass is 592 g/mol. The van der Waals surface area contributed by atoms with Crippen molar-refractivity contribution in [2.45, 2.75) is 42.8 Å². The number of nitrogens with one attached hydrogen (secondary N) is 1. The number of aromatic hydroxyl groups is 1. The summed E-state index contributed by atoms with van der Waals surface area (Å²) in [5.74, 6) is -6.81. The molecule has 15 heteroatoms. The molecule has 1 saturated carbocycles. The SMILES string of the molecule is COc1cc(C(=O)O)c(F)cc1NS(=O)(=O)c1csc(-c2ccc(C3CCC(C(F)(F)F)CC3)c(O)c2F)n1. The van der Waals surface area contributed by atoms with Crippen LogP contribution in [0.25, 0.3) is 10.6 Å². The molecule has 1 aliphatic rings. The maximum Gasteiger partial charge on any atom is 0.391 e. The lowest BCUT2D eigenvalue weighted by atomic mass is 9.78. The van der Waals surface area contributed by atoms with Crippen LogP contribution < -0.4 is 9.46 Å². The summed E-state index contributed by atoms with van der Waals surface area (Å²) in [6.45, 7) is 0. The first-order chi connectivity index (χ1) is 18.2. The van der Waals surface area contributed by atoms with E-state index in [1.165, 1.54) is 12.1 Å². The number of alkyl halides is 3. The molecule has 0 saturated heterocycles. The molecule has 8 nitrogen and oxygen atoms in total. The number of aromatic carboxylic acids is 1. The molecule has 3 aromatic rings. The molecule has 0 atom stereocenters. The van der Waals surface area contributed by atoms with Crippen LogP contribution in [0.5, 0.6) is 11.5 Å². The van der Waals surface area contributed by atoms with Crippen molar-refractivity contribution in [2.24, 2.45) is 5.92 Å². The number of benzene rings is 2. The van der Waals surface area contributed by atoms with Crippen LogP contribution >= 0.6 is 11.3 Å². The second kappa shape index (κ2) is 10.6. The number of carboxylic acids is 1. The van der Waals surface area contributed by atoms with Crippen molar-refractivity contribution in [2.75, 3.05) is 11.8 Å². The summed E-state index contributed by atoms with van der Waals surface area (Å²) in [4.78, 5) is 15.0. The maximum atomic E-state index is 15.1. The van der Waals surface area contributed by atoms with Crippen molar-refractivity contribution in [3.05, 3.63) is 52.4 Å². The number of halogens is 5. The Hall–Kier alpha value is -3.46. The van der Waals surface area contributed by atoms with Gasteiger partial charge < -0.3 is 14.9 Å². The number of thiazole rings is 1. The predicted molar refractivity (Wildman–Crippen MR) is 131 cm³/mol. The minimum atomic E-state index is -4.47. The standard InChI is InChI=1S/C24H21F5N2O6S2/c1-37-18-8-15(23(33)34)16(25)9-17(18)31-39(35,36)19-10-38-22(30-19)14-7-6-13(21(32)20(14)26)11-2-4-12(5-3-11)24(27,28)29/h6-12,31-32H,2-5H2,1H3,(H,33,34). The van der Waals surface area contributed by atoms with Crippen molar-refractivity contribution >= 4 is 33.0 Å². The van der Waals surface area contributed by atoms with Gasteiger partial charge in [0.1, 0.15) is 16.6 Å². The van der Waals surface area contributed by atoms with Crippen LogP contribution in [0.2, 0.25) is 0 Å². The van der Waals surface area contributed by atoms with Crippen LogP contribution in [0, 0.1) is 17.6 Å². The van der Waals surface area contributed by atoms with Crippen LogP contribution in [0.15, 0.2) is 34.7 Å². The Kier molecular flexibility index (Phi) is 7.76. The zero-order valence-electron chi connectivity index (χ0n) is 20.1. The van der Waals surface area contributed by atoms with Gasteiger partial charge in [0.05, 0.1) is 29.8 Å². The molecule has 1 aromatic heterocycles. The maximum absolute atomic E-state index is 15.1. The molecule has 1 aliphatic carbocycles. The van der Waals surface area contributed by atoms with E-state index in [1.807, 2.05) is 0 Å². The van der Waals surface area contributed by atoms with E-state index in [2.05, 4.69) is 9.71 Å². The number of anilines is 1. The number of carbonyl (C=O) groups is 1. The smallest absolute Gasteiger partial charge is 0.391 e. The van der Waals surface area contributed by atoms with E-state index in [0.717, 1.165) is 29.9 Å². The summed E-state index contributed by atoms with van der Waals surface area (Å²) in [6.07, 6.45) is -4.32. The molecule has 0 unspecified atom stereocenters. The second-order valence-corrected chi connectivity index (χ2v) is 11.4. The van der Waals surface area contributed by atoms with Crippen molar-refractivity contribution in [1.29, 1.82) is 0 Å². The molecule has 210 valence electrons. The van der Waals surface area contributed by atoms with Crippen molar-refractivity contribution < 1.29 is 50.1 Å². The molecule has 1 fully saturated rings. The Balaban J connectivity index is 1.57. The highest BCUT2D eigenvalue weighted by atomic mass is 32.2. The Labute approximate surface area is 223 Å². The lowest BCUT2D eigenvalue weighted by Crippen LogP contribution is -2.27. The molecule has 4 rings (SSSR count). The lowest BCUT2D eigenvalue weighted by molar-refractivity contribution is -0.182. The highest BCUT2D eigenvalue weighted by Crippen LogP contribution is 2.46. The van der Waals surface area contributed by atoms with Crippen LogP contribution in [-0.2, 0) is 10.0 Å². The van der Waals surface area contributed by atoms with Gasteiger partial charge in [-0.1, -0.05) is 6.07 Å². The Bertz CT molecular complexity index is 1520. The number of methoxy groups -OCH3 is 1. The van der Waals surface area contributed by atoms with E-state index >= 15 is 4.39 Å². The highest BCUT2D eigenvalue weighted by molar-refractivity contribution is 7.92. The first-order valence-corrected chi connectivity index (χ1v) is 13.8. The van der Waals surface area contributed by atoms with Gasteiger partial charge in [0.2, 0.25) is 0 Å². The van der Waals surface area contributed by atoms with E-state index in [9.17, 15) is 35.9 Å². The number of hydrogen-bond donors (Lipinski definition) is 3. The van der Waals surface area contributed by atoms with Crippen LogP contribution in [0.1, 0.15) is 47.5 Å². The van der Waals surface area contributed by atoms with E-state index in [1.54, 1.807) is 0 Å². The molecule has 2 aromatic carbocycles. The molecule has 0 aliphatic heterocycles. The first kappa shape index (κ1) is 28.5. The summed E-state index contributed by atoms with van der Waals surface area (Å²) in [5, 5.41) is 19.9. The number of phenols is 1. The highest BCUT2D eigenvalue weighted by Gasteiger charge is 2.42. The van der Waals surface area contributed by atoms with E-state index in [-0.39, 0.29) is 47.6 Å².